The zero-order chi connectivity index (χ0) is 7.40. The summed E-state index contributed by atoms with van der Waals surface area (Å²) < 4.78 is 2.12. The Morgan fingerprint density at radius 1 is 1.45 bits per heavy atom. The number of aromatic nitrogens is 1. The van der Waals surface area contributed by atoms with Crippen LogP contribution in [0, 0.1) is 0 Å². The maximum atomic E-state index is 3.68. The number of hydrogen-bond acceptors (Lipinski definition) is 0. The maximum absolute atomic E-state index is 3.68. The molecule has 2 heteroatoms. The first-order valence-corrected chi connectivity index (χ1v) is 3.48. The van der Waals surface area contributed by atoms with E-state index in [1.54, 1.807) is 0 Å². The van der Waals surface area contributed by atoms with Crippen molar-refractivity contribution in [1.82, 2.24) is 0 Å². The summed E-state index contributed by atoms with van der Waals surface area (Å²) in [6.07, 6.45) is 5.95. The Hall–Kier alpha value is -0.630. The van der Waals surface area contributed by atoms with Gasteiger partial charge in [0.05, 0.1) is 0 Å². The Kier molecular flexibility index (Phi) is 4.79. The van der Waals surface area contributed by atoms with E-state index in [9.17, 15) is 0 Å². The van der Waals surface area contributed by atoms with Crippen LogP contribution in [-0.2, 0) is 6.54 Å². The lowest BCUT2D eigenvalue weighted by molar-refractivity contribution is -0.693. The van der Waals surface area contributed by atoms with Gasteiger partial charge in [0.25, 0.3) is 0 Å². The molecule has 0 aliphatic heterocycles. The van der Waals surface area contributed by atoms with Crippen LogP contribution < -0.4 is 21.5 Å². The van der Waals surface area contributed by atoms with Crippen molar-refractivity contribution in [2.45, 2.75) is 13.5 Å². The summed E-state index contributed by atoms with van der Waals surface area (Å²) >= 11 is 0. The number of halogens is 1. The van der Waals surface area contributed by atoms with E-state index in [1.807, 2.05) is 6.08 Å². The molecule has 1 rings (SSSR count). The minimum atomic E-state index is 0. The molecule has 0 aliphatic rings. The lowest BCUT2D eigenvalue weighted by Gasteiger charge is -1.90. The molecule has 0 fully saturated rings. The average Bonchev–Trinajstić information content (AvgIpc) is 2.05. The molecule has 0 saturated heterocycles. The van der Waals surface area contributed by atoms with Gasteiger partial charge >= 0.3 is 0 Å². The van der Waals surface area contributed by atoms with E-state index in [2.05, 4.69) is 42.6 Å². The highest BCUT2D eigenvalue weighted by Gasteiger charge is 1.92. The van der Waals surface area contributed by atoms with Crippen LogP contribution in [0.1, 0.15) is 12.5 Å². The summed E-state index contributed by atoms with van der Waals surface area (Å²) in [5, 5.41) is 0. The average molecular weight is 214 g/mol. The second-order valence-corrected chi connectivity index (χ2v) is 2.17. The molecule has 1 aromatic rings. The Balaban J connectivity index is 0.000001000. The number of pyridine rings is 1. The van der Waals surface area contributed by atoms with E-state index in [4.69, 9.17) is 0 Å². The molecule has 1 heterocycles. The van der Waals surface area contributed by atoms with Crippen LogP contribution in [0.3, 0.4) is 0 Å². The highest BCUT2D eigenvalue weighted by atomic mass is 79.9. The lowest BCUT2D eigenvalue weighted by atomic mass is 10.3. The first kappa shape index (κ1) is 10.4. The molecule has 0 radical (unpaired) electrons. The molecule has 0 N–H and O–H groups in total. The quantitative estimate of drug-likeness (QED) is 0.535. The van der Waals surface area contributed by atoms with Gasteiger partial charge in [-0.2, -0.15) is 0 Å². The fraction of sp³-hybridized carbons (Fsp3) is 0.222. The molecule has 60 valence electrons. The van der Waals surface area contributed by atoms with E-state index in [1.165, 1.54) is 5.56 Å². The maximum Gasteiger partial charge on any atom is 0.169 e. The van der Waals surface area contributed by atoms with E-state index in [0.29, 0.717) is 0 Å². The molecule has 0 amide bonds. The summed E-state index contributed by atoms with van der Waals surface area (Å²) in [5.74, 6) is 0. The molecule has 0 aromatic carbocycles. The molecule has 1 aromatic heterocycles. The fourth-order valence-electron chi connectivity index (χ4n) is 0.816. The van der Waals surface area contributed by atoms with Crippen LogP contribution in [0.5, 0.6) is 0 Å². The standard InChI is InChI=1S/C9H12N.BrH/c1-3-9-5-7-10(4-2)8-6-9;/h3,5-8H,1,4H2,2H3;1H/q+1;/p-1. The summed E-state index contributed by atoms with van der Waals surface area (Å²) in [4.78, 5) is 0. The van der Waals surface area contributed by atoms with Gasteiger partial charge < -0.3 is 17.0 Å². The van der Waals surface area contributed by atoms with Gasteiger partial charge in [0.2, 0.25) is 0 Å². The molecule has 0 spiro atoms. The topological polar surface area (TPSA) is 3.88 Å². The zero-order valence-electron chi connectivity index (χ0n) is 6.63. The van der Waals surface area contributed by atoms with E-state index >= 15 is 0 Å². The van der Waals surface area contributed by atoms with Crippen LogP contribution >= 0.6 is 0 Å². The monoisotopic (exact) mass is 213 g/mol. The molecular formula is C9H12BrN. The number of rotatable bonds is 2. The second-order valence-electron chi connectivity index (χ2n) is 2.17. The highest BCUT2D eigenvalue weighted by Crippen LogP contribution is 1.94. The number of aryl methyl sites for hydroxylation is 1. The summed E-state index contributed by atoms with van der Waals surface area (Å²) in [6.45, 7) is 6.82. The molecule has 1 nitrogen and oxygen atoms in total. The van der Waals surface area contributed by atoms with Gasteiger partial charge in [-0.25, -0.2) is 4.57 Å². The van der Waals surface area contributed by atoms with Gasteiger partial charge in [0, 0.05) is 12.1 Å². The zero-order valence-corrected chi connectivity index (χ0v) is 8.21. The number of nitrogens with zero attached hydrogens (tertiary/aromatic N) is 1. The van der Waals surface area contributed by atoms with Gasteiger partial charge in [-0.1, -0.05) is 12.7 Å². The summed E-state index contributed by atoms with van der Waals surface area (Å²) in [7, 11) is 0. The first-order valence-electron chi connectivity index (χ1n) is 3.48. The predicted molar refractivity (Wildman–Crippen MR) is 42.4 cm³/mol. The van der Waals surface area contributed by atoms with Gasteiger partial charge in [0.15, 0.2) is 12.4 Å². The highest BCUT2D eigenvalue weighted by molar-refractivity contribution is 5.44. The van der Waals surface area contributed by atoms with Crippen LogP contribution in [0.2, 0.25) is 0 Å². The van der Waals surface area contributed by atoms with Crippen molar-refractivity contribution in [1.29, 1.82) is 0 Å². The van der Waals surface area contributed by atoms with Gasteiger partial charge in [-0.05, 0) is 12.5 Å². The lowest BCUT2D eigenvalue weighted by Crippen LogP contribution is -3.00. The van der Waals surface area contributed by atoms with Crippen molar-refractivity contribution >= 4 is 6.08 Å². The Bertz CT molecular complexity index is 216. The molecule has 0 atom stereocenters. The second kappa shape index (κ2) is 5.08. The SMILES string of the molecule is C=Cc1cc[n+](CC)cc1.[Br-]. The van der Waals surface area contributed by atoms with Gasteiger partial charge in [-0.15, -0.1) is 0 Å². The van der Waals surface area contributed by atoms with Crippen molar-refractivity contribution in [2.24, 2.45) is 0 Å². The minimum absolute atomic E-state index is 0. The van der Waals surface area contributed by atoms with Crippen molar-refractivity contribution in [3.05, 3.63) is 36.7 Å². The van der Waals surface area contributed by atoms with Crippen LogP contribution in [0.4, 0.5) is 0 Å². The molecule has 0 bridgehead atoms. The summed E-state index contributed by atoms with van der Waals surface area (Å²) in [5.41, 5.74) is 1.17. The first-order chi connectivity index (χ1) is 4.86. The van der Waals surface area contributed by atoms with Crippen molar-refractivity contribution in [3.8, 4) is 0 Å². The molecular weight excluding hydrogens is 202 g/mol. The van der Waals surface area contributed by atoms with E-state index in [0.717, 1.165) is 6.54 Å². The van der Waals surface area contributed by atoms with Crippen molar-refractivity contribution < 1.29 is 21.5 Å². The van der Waals surface area contributed by atoms with Crippen molar-refractivity contribution in [3.63, 3.8) is 0 Å². The third kappa shape index (κ3) is 2.85. The third-order valence-electron chi connectivity index (χ3n) is 1.52. The van der Waals surface area contributed by atoms with Crippen LogP contribution in [0.25, 0.3) is 6.08 Å². The van der Waals surface area contributed by atoms with E-state index < -0.39 is 0 Å². The molecule has 0 saturated carbocycles. The fourth-order valence-corrected chi connectivity index (χ4v) is 0.816. The third-order valence-corrected chi connectivity index (χ3v) is 1.52. The van der Waals surface area contributed by atoms with E-state index in [-0.39, 0.29) is 17.0 Å². The Labute approximate surface area is 78.1 Å². The normalized spacial score (nSPS) is 8.45. The predicted octanol–water partition coefficient (Wildman–Crippen LogP) is -1.36. The smallest absolute Gasteiger partial charge is 0.169 e. The Morgan fingerprint density at radius 2 is 2.00 bits per heavy atom. The largest absolute Gasteiger partial charge is 1.00 e. The van der Waals surface area contributed by atoms with Gasteiger partial charge in [0.1, 0.15) is 6.54 Å². The summed E-state index contributed by atoms with van der Waals surface area (Å²) in [6, 6.07) is 4.10. The van der Waals surface area contributed by atoms with Crippen LogP contribution in [0.15, 0.2) is 31.1 Å². The number of hydrogen-bond donors (Lipinski definition) is 0. The molecule has 11 heavy (non-hydrogen) atoms. The van der Waals surface area contributed by atoms with Crippen LogP contribution in [-0.4, -0.2) is 0 Å². The molecule has 0 unspecified atom stereocenters. The molecule has 0 aliphatic carbocycles. The van der Waals surface area contributed by atoms with Gasteiger partial charge in [-0.3, -0.25) is 0 Å². The Morgan fingerprint density at radius 3 is 2.36 bits per heavy atom. The van der Waals surface area contributed by atoms with Crippen molar-refractivity contribution in [2.75, 3.05) is 0 Å². The minimum Gasteiger partial charge on any atom is -1.00 e.